The molecule has 6 nitrogen and oxygen atoms in total. The third-order valence-corrected chi connectivity index (χ3v) is 6.61. The highest BCUT2D eigenvalue weighted by molar-refractivity contribution is 6.31. The lowest BCUT2D eigenvalue weighted by Gasteiger charge is -2.35. The summed E-state index contributed by atoms with van der Waals surface area (Å²) in [6, 6.07) is 14.5. The molecule has 0 spiro atoms. The zero-order chi connectivity index (χ0) is 24.6. The van der Waals surface area contributed by atoms with E-state index in [4.69, 9.17) is 22.1 Å². The first-order valence-electron chi connectivity index (χ1n) is 12.0. The Labute approximate surface area is 207 Å². The number of halogens is 1. The Kier molecular flexibility index (Phi) is 9.36. The van der Waals surface area contributed by atoms with E-state index in [9.17, 15) is 9.59 Å². The predicted octanol–water partition coefficient (Wildman–Crippen LogP) is 5.25. The number of amides is 2. The van der Waals surface area contributed by atoms with Crippen LogP contribution in [0, 0.1) is 11.3 Å². The molecule has 0 unspecified atom stereocenters. The smallest absolute Gasteiger partial charge is 0.262 e. The molecular formula is C27H36ClN3O3. The van der Waals surface area contributed by atoms with Gasteiger partial charge in [-0.25, -0.2) is 0 Å². The average Bonchev–Trinajstić information content (AvgIpc) is 2.85. The zero-order valence-electron chi connectivity index (χ0n) is 20.2. The van der Waals surface area contributed by atoms with Gasteiger partial charge in [0.2, 0.25) is 5.91 Å². The van der Waals surface area contributed by atoms with Crippen LogP contribution in [-0.4, -0.2) is 36.4 Å². The lowest BCUT2D eigenvalue weighted by Crippen LogP contribution is -2.44. The van der Waals surface area contributed by atoms with Crippen molar-refractivity contribution in [1.82, 2.24) is 4.90 Å². The van der Waals surface area contributed by atoms with Crippen molar-refractivity contribution in [1.29, 1.82) is 0 Å². The number of ether oxygens (including phenoxy) is 1. The van der Waals surface area contributed by atoms with Gasteiger partial charge in [0.05, 0.1) is 0 Å². The van der Waals surface area contributed by atoms with Crippen molar-refractivity contribution in [3.05, 3.63) is 59.1 Å². The summed E-state index contributed by atoms with van der Waals surface area (Å²) in [6.07, 6.45) is 5.25. The first-order valence-corrected chi connectivity index (χ1v) is 12.4. The van der Waals surface area contributed by atoms with E-state index in [1.807, 2.05) is 29.2 Å². The Bertz CT molecular complexity index is 959. The number of benzene rings is 2. The van der Waals surface area contributed by atoms with Gasteiger partial charge < -0.3 is 20.7 Å². The molecule has 0 aromatic heterocycles. The van der Waals surface area contributed by atoms with Crippen molar-refractivity contribution in [3.63, 3.8) is 0 Å². The maximum absolute atomic E-state index is 13.4. The number of para-hydroxylation sites is 1. The number of carbonyl (C=O) groups excluding carboxylic acids is 2. The number of anilines is 1. The molecule has 1 aliphatic carbocycles. The van der Waals surface area contributed by atoms with E-state index in [2.05, 4.69) is 19.2 Å². The summed E-state index contributed by atoms with van der Waals surface area (Å²) in [4.78, 5) is 27.7. The average molecular weight is 486 g/mol. The van der Waals surface area contributed by atoms with E-state index in [1.165, 1.54) is 6.42 Å². The molecule has 0 radical (unpaired) electrons. The van der Waals surface area contributed by atoms with E-state index in [-0.39, 0.29) is 29.8 Å². The van der Waals surface area contributed by atoms with Crippen LogP contribution >= 0.6 is 11.6 Å². The maximum Gasteiger partial charge on any atom is 0.262 e. The second kappa shape index (κ2) is 12.2. The van der Waals surface area contributed by atoms with Gasteiger partial charge in [-0.15, -0.1) is 0 Å². The Balaban J connectivity index is 1.70. The highest BCUT2D eigenvalue weighted by atomic mass is 35.5. The first kappa shape index (κ1) is 26.0. The second-order valence-electron chi connectivity index (χ2n) is 9.85. The van der Waals surface area contributed by atoms with Crippen LogP contribution in [0.5, 0.6) is 5.75 Å². The van der Waals surface area contributed by atoms with Crippen molar-refractivity contribution in [3.8, 4) is 5.75 Å². The summed E-state index contributed by atoms with van der Waals surface area (Å²) in [7, 11) is 0. The van der Waals surface area contributed by atoms with Crippen LogP contribution in [0.1, 0.15) is 51.5 Å². The summed E-state index contributed by atoms with van der Waals surface area (Å²) in [5.41, 5.74) is 7.18. The molecular weight excluding hydrogens is 450 g/mol. The van der Waals surface area contributed by atoms with Gasteiger partial charge in [0.25, 0.3) is 5.91 Å². The summed E-state index contributed by atoms with van der Waals surface area (Å²) in [5, 5.41) is 3.42. The van der Waals surface area contributed by atoms with E-state index >= 15 is 0 Å². The van der Waals surface area contributed by atoms with E-state index < -0.39 is 0 Å². The molecule has 0 heterocycles. The Morgan fingerprint density at radius 3 is 2.50 bits per heavy atom. The van der Waals surface area contributed by atoms with E-state index in [0.717, 1.165) is 31.2 Å². The summed E-state index contributed by atoms with van der Waals surface area (Å²) in [5.74, 6) is 0.590. The van der Waals surface area contributed by atoms with Crippen LogP contribution in [0.4, 0.5) is 5.69 Å². The van der Waals surface area contributed by atoms with Crippen molar-refractivity contribution < 1.29 is 14.3 Å². The van der Waals surface area contributed by atoms with Gasteiger partial charge in [-0.1, -0.05) is 62.9 Å². The van der Waals surface area contributed by atoms with Gasteiger partial charge in [-0.3, -0.25) is 9.59 Å². The standard InChI is InChI=1S/C27H36ClN3O3/c1-27(2,18-29)19-31(26(33)20-9-5-3-6-10-20)16-21-15-22(13-14-24(21)28)30-25(32)17-34-23-11-7-4-8-12-23/h4,7-8,11-15,20H,3,5-6,9-10,16-19,29H2,1-2H3,(H,30,32). The first-order chi connectivity index (χ1) is 16.3. The van der Waals surface area contributed by atoms with Gasteiger partial charge >= 0.3 is 0 Å². The number of hydrogen-bond donors (Lipinski definition) is 2. The Morgan fingerprint density at radius 2 is 1.82 bits per heavy atom. The van der Waals surface area contributed by atoms with E-state index in [1.54, 1.807) is 24.3 Å². The largest absolute Gasteiger partial charge is 0.484 e. The number of nitrogens with zero attached hydrogens (tertiary/aromatic N) is 1. The Morgan fingerprint density at radius 1 is 1.12 bits per heavy atom. The van der Waals surface area contributed by atoms with Crippen molar-refractivity contribution in [2.45, 2.75) is 52.5 Å². The quantitative estimate of drug-likeness (QED) is 0.481. The lowest BCUT2D eigenvalue weighted by molar-refractivity contribution is -0.138. The normalized spacial score (nSPS) is 14.5. The molecule has 2 amide bonds. The molecule has 1 saturated carbocycles. The minimum absolute atomic E-state index is 0.0547. The van der Waals surface area contributed by atoms with Gasteiger partial charge in [0.1, 0.15) is 5.75 Å². The van der Waals surface area contributed by atoms with Crippen molar-refractivity contribution in [2.75, 3.05) is 25.0 Å². The minimum Gasteiger partial charge on any atom is -0.484 e. The molecule has 0 aliphatic heterocycles. The van der Waals surface area contributed by atoms with Gasteiger partial charge in [0, 0.05) is 29.7 Å². The van der Waals surface area contributed by atoms with Crippen LogP contribution in [0.2, 0.25) is 5.02 Å². The fourth-order valence-corrected chi connectivity index (χ4v) is 4.42. The fourth-order valence-electron chi connectivity index (χ4n) is 4.24. The molecule has 1 fully saturated rings. The summed E-state index contributed by atoms with van der Waals surface area (Å²) < 4.78 is 5.52. The van der Waals surface area contributed by atoms with Crippen LogP contribution < -0.4 is 15.8 Å². The minimum atomic E-state index is -0.267. The number of carbonyl (C=O) groups is 2. The van der Waals surface area contributed by atoms with E-state index in [0.29, 0.717) is 36.1 Å². The molecule has 3 rings (SSSR count). The molecule has 0 bridgehead atoms. The third kappa shape index (κ3) is 7.74. The molecule has 2 aromatic carbocycles. The molecule has 1 aliphatic rings. The molecule has 2 aromatic rings. The Hall–Kier alpha value is -2.57. The van der Waals surface area contributed by atoms with Crippen LogP contribution in [-0.2, 0) is 16.1 Å². The lowest BCUT2D eigenvalue weighted by atomic mass is 9.86. The number of nitrogens with one attached hydrogen (secondary N) is 1. The summed E-state index contributed by atoms with van der Waals surface area (Å²) >= 11 is 6.51. The molecule has 0 saturated heterocycles. The molecule has 3 N–H and O–H groups in total. The number of hydrogen-bond acceptors (Lipinski definition) is 4. The topological polar surface area (TPSA) is 84.7 Å². The monoisotopic (exact) mass is 485 g/mol. The van der Waals surface area contributed by atoms with Gasteiger partial charge in [0.15, 0.2) is 6.61 Å². The van der Waals surface area contributed by atoms with Gasteiger partial charge in [-0.2, -0.15) is 0 Å². The molecule has 184 valence electrons. The van der Waals surface area contributed by atoms with Crippen molar-refractivity contribution >= 4 is 29.1 Å². The maximum atomic E-state index is 13.4. The van der Waals surface area contributed by atoms with Crippen LogP contribution in [0.15, 0.2) is 48.5 Å². The summed E-state index contributed by atoms with van der Waals surface area (Å²) in [6.45, 7) is 5.45. The second-order valence-corrected chi connectivity index (χ2v) is 10.3. The molecule has 34 heavy (non-hydrogen) atoms. The number of nitrogens with two attached hydrogens (primary N) is 1. The number of rotatable bonds is 10. The predicted molar refractivity (Wildman–Crippen MR) is 137 cm³/mol. The fraction of sp³-hybridized carbons (Fsp3) is 0.481. The highest BCUT2D eigenvalue weighted by Crippen LogP contribution is 2.29. The van der Waals surface area contributed by atoms with Crippen molar-refractivity contribution in [2.24, 2.45) is 17.1 Å². The molecule has 0 atom stereocenters. The SMILES string of the molecule is CC(C)(CN)CN(Cc1cc(NC(=O)COc2ccccc2)ccc1Cl)C(=O)C1CCCCC1. The zero-order valence-corrected chi connectivity index (χ0v) is 20.9. The van der Waals surface area contributed by atoms with Crippen LogP contribution in [0.25, 0.3) is 0 Å². The third-order valence-electron chi connectivity index (χ3n) is 6.24. The highest BCUT2D eigenvalue weighted by Gasteiger charge is 2.30. The molecule has 7 heteroatoms. The van der Waals surface area contributed by atoms with Gasteiger partial charge in [-0.05, 0) is 60.7 Å². The van der Waals surface area contributed by atoms with Crippen LogP contribution in [0.3, 0.4) is 0 Å².